The highest BCUT2D eigenvalue weighted by atomic mass is 19.1. The molecule has 0 bridgehead atoms. The first-order valence-electron chi connectivity index (χ1n) is 10.3. The third-order valence-corrected chi connectivity index (χ3v) is 5.46. The molecule has 6 nitrogen and oxygen atoms in total. The molecule has 7 heteroatoms. The summed E-state index contributed by atoms with van der Waals surface area (Å²) >= 11 is 0. The minimum atomic E-state index is -0.500. The minimum absolute atomic E-state index is 0.0365. The fraction of sp³-hybridized carbons (Fsp3) is 0.292. The van der Waals surface area contributed by atoms with E-state index in [-0.39, 0.29) is 11.4 Å². The Morgan fingerprint density at radius 2 is 1.90 bits per heavy atom. The molecule has 1 amide bonds. The molecule has 1 saturated heterocycles. The largest absolute Gasteiger partial charge is 0.381 e. The van der Waals surface area contributed by atoms with Crippen LogP contribution in [0.5, 0.6) is 0 Å². The SMILES string of the molecule is Cc1ccc(NC(=O)c2cn(CC3CCOCC3)cc(-c3ccc(F)cc3)c2=O)cn1. The number of amides is 1. The van der Waals surface area contributed by atoms with Crippen LogP contribution >= 0.6 is 0 Å². The maximum Gasteiger partial charge on any atom is 0.261 e. The van der Waals surface area contributed by atoms with Crippen LogP contribution in [-0.2, 0) is 11.3 Å². The van der Waals surface area contributed by atoms with Crippen LogP contribution in [0.1, 0.15) is 28.9 Å². The molecule has 0 unspecified atom stereocenters. The molecule has 1 aliphatic heterocycles. The molecule has 1 aromatic carbocycles. The van der Waals surface area contributed by atoms with Crippen LogP contribution in [0.2, 0.25) is 0 Å². The Hall–Kier alpha value is -3.32. The van der Waals surface area contributed by atoms with Crippen molar-refractivity contribution in [2.45, 2.75) is 26.3 Å². The highest BCUT2D eigenvalue weighted by molar-refractivity contribution is 6.04. The van der Waals surface area contributed by atoms with E-state index < -0.39 is 11.3 Å². The van der Waals surface area contributed by atoms with Gasteiger partial charge in [-0.05, 0) is 55.5 Å². The second kappa shape index (κ2) is 9.22. The minimum Gasteiger partial charge on any atom is -0.381 e. The lowest BCUT2D eigenvalue weighted by Crippen LogP contribution is -2.26. The topological polar surface area (TPSA) is 73.2 Å². The summed E-state index contributed by atoms with van der Waals surface area (Å²) in [6, 6.07) is 9.25. The first-order valence-corrected chi connectivity index (χ1v) is 10.3. The number of carbonyl (C=O) groups excluding carboxylic acids is 1. The molecule has 3 heterocycles. The Labute approximate surface area is 179 Å². The molecule has 0 spiro atoms. The van der Waals surface area contributed by atoms with Gasteiger partial charge >= 0.3 is 0 Å². The molecule has 0 atom stereocenters. The quantitative estimate of drug-likeness (QED) is 0.675. The molecule has 1 N–H and O–H groups in total. The van der Waals surface area contributed by atoms with Crippen LogP contribution < -0.4 is 10.7 Å². The number of nitrogens with one attached hydrogen (secondary N) is 1. The number of carbonyl (C=O) groups is 1. The van der Waals surface area contributed by atoms with E-state index in [4.69, 9.17) is 4.74 Å². The van der Waals surface area contributed by atoms with E-state index in [1.807, 2.05) is 11.5 Å². The summed E-state index contributed by atoms with van der Waals surface area (Å²) in [6.45, 7) is 3.95. The number of pyridine rings is 2. The van der Waals surface area contributed by atoms with Crippen molar-refractivity contribution in [1.29, 1.82) is 0 Å². The van der Waals surface area contributed by atoms with Crippen LogP contribution in [0.4, 0.5) is 10.1 Å². The van der Waals surface area contributed by atoms with E-state index in [2.05, 4.69) is 10.3 Å². The number of benzene rings is 1. The van der Waals surface area contributed by atoms with Crippen LogP contribution in [0.15, 0.2) is 59.8 Å². The van der Waals surface area contributed by atoms with Gasteiger partial charge in [-0.3, -0.25) is 14.6 Å². The van der Waals surface area contributed by atoms with Gasteiger partial charge in [0.05, 0.1) is 11.9 Å². The molecule has 160 valence electrons. The van der Waals surface area contributed by atoms with Gasteiger partial charge in [0.1, 0.15) is 11.4 Å². The summed E-state index contributed by atoms with van der Waals surface area (Å²) in [7, 11) is 0. The van der Waals surface area contributed by atoms with Gasteiger partial charge in [-0.2, -0.15) is 0 Å². The maximum atomic E-state index is 13.4. The molecular formula is C24H24FN3O3. The van der Waals surface area contributed by atoms with E-state index in [1.165, 1.54) is 12.1 Å². The van der Waals surface area contributed by atoms with Crippen molar-refractivity contribution in [2.24, 2.45) is 5.92 Å². The third kappa shape index (κ3) is 5.06. The first kappa shape index (κ1) is 20.9. The molecule has 3 aromatic rings. The predicted molar refractivity (Wildman–Crippen MR) is 117 cm³/mol. The highest BCUT2D eigenvalue weighted by Gasteiger charge is 2.19. The second-order valence-electron chi connectivity index (χ2n) is 7.82. The van der Waals surface area contributed by atoms with Crippen molar-refractivity contribution in [2.75, 3.05) is 18.5 Å². The van der Waals surface area contributed by atoms with Gasteiger partial charge in [0, 0.05) is 43.4 Å². The molecule has 1 aliphatic rings. The third-order valence-electron chi connectivity index (χ3n) is 5.46. The highest BCUT2D eigenvalue weighted by Crippen LogP contribution is 2.21. The van der Waals surface area contributed by atoms with Gasteiger partial charge < -0.3 is 14.6 Å². The number of anilines is 1. The van der Waals surface area contributed by atoms with Crippen LogP contribution in [0.3, 0.4) is 0 Å². The van der Waals surface area contributed by atoms with Crippen molar-refractivity contribution in [3.05, 3.63) is 82.3 Å². The monoisotopic (exact) mass is 421 g/mol. The van der Waals surface area contributed by atoms with E-state index >= 15 is 0 Å². The lowest BCUT2D eigenvalue weighted by atomic mass is 9.99. The van der Waals surface area contributed by atoms with E-state index in [0.717, 1.165) is 18.5 Å². The van der Waals surface area contributed by atoms with E-state index in [9.17, 15) is 14.0 Å². The van der Waals surface area contributed by atoms with Crippen molar-refractivity contribution in [3.63, 3.8) is 0 Å². The van der Waals surface area contributed by atoms with Gasteiger partial charge in [-0.25, -0.2) is 4.39 Å². The number of hydrogen-bond acceptors (Lipinski definition) is 4. The Balaban J connectivity index is 1.71. The summed E-state index contributed by atoms with van der Waals surface area (Å²) in [4.78, 5) is 30.3. The zero-order chi connectivity index (χ0) is 21.8. The maximum absolute atomic E-state index is 13.4. The molecule has 0 aliphatic carbocycles. The molecule has 31 heavy (non-hydrogen) atoms. The fourth-order valence-corrected chi connectivity index (χ4v) is 3.70. The fourth-order valence-electron chi connectivity index (χ4n) is 3.70. The summed E-state index contributed by atoms with van der Waals surface area (Å²) in [5.41, 5.74) is 1.91. The molecule has 4 rings (SSSR count). The van der Waals surface area contributed by atoms with Crippen molar-refractivity contribution in [3.8, 4) is 11.1 Å². The number of hydrogen-bond donors (Lipinski definition) is 1. The van der Waals surface area contributed by atoms with Gasteiger partial charge in [-0.1, -0.05) is 12.1 Å². The van der Waals surface area contributed by atoms with Crippen LogP contribution in [0.25, 0.3) is 11.1 Å². The van der Waals surface area contributed by atoms with E-state index in [0.29, 0.717) is 42.5 Å². The second-order valence-corrected chi connectivity index (χ2v) is 7.82. The number of nitrogens with zero attached hydrogens (tertiary/aromatic N) is 2. The Bertz CT molecular complexity index is 1120. The molecule has 0 saturated carbocycles. The van der Waals surface area contributed by atoms with Gasteiger partial charge in [0.15, 0.2) is 0 Å². The van der Waals surface area contributed by atoms with Crippen LogP contribution in [-0.4, -0.2) is 28.7 Å². The normalized spacial score (nSPS) is 14.4. The zero-order valence-corrected chi connectivity index (χ0v) is 17.3. The standard InChI is InChI=1S/C24H24FN3O3/c1-16-2-7-20(12-26-16)27-24(30)22-15-28(13-17-8-10-31-11-9-17)14-21(23(22)29)18-3-5-19(25)6-4-18/h2-7,12,14-15,17H,8-11,13H2,1H3,(H,27,30). The Morgan fingerprint density at radius 1 is 1.16 bits per heavy atom. The average Bonchev–Trinajstić information content (AvgIpc) is 2.78. The lowest BCUT2D eigenvalue weighted by Gasteiger charge is -2.23. The van der Waals surface area contributed by atoms with Gasteiger partial charge in [-0.15, -0.1) is 0 Å². The lowest BCUT2D eigenvalue weighted by molar-refractivity contribution is 0.0612. The summed E-state index contributed by atoms with van der Waals surface area (Å²) < 4.78 is 20.7. The summed E-state index contributed by atoms with van der Waals surface area (Å²) in [5.74, 6) is -0.484. The average molecular weight is 421 g/mol. The molecule has 0 radical (unpaired) electrons. The summed E-state index contributed by atoms with van der Waals surface area (Å²) in [5, 5.41) is 2.75. The van der Waals surface area contributed by atoms with Crippen molar-refractivity contribution in [1.82, 2.24) is 9.55 Å². The van der Waals surface area contributed by atoms with E-state index in [1.54, 1.807) is 42.9 Å². The van der Waals surface area contributed by atoms with Crippen LogP contribution in [0, 0.1) is 18.7 Å². The molecule has 2 aromatic heterocycles. The zero-order valence-electron chi connectivity index (χ0n) is 17.3. The van der Waals surface area contributed by atoms with Gasteiger partial charge in [0.2, 0.25) is 5.43 Å². The first-order chi connectivity index (χ1) is 15.0. The predicted octanol–water partition coefficient (Wildman–Crippen LogP) is 4.04. The van der Waals surface area contributed by atoms with Crippen molar-refractivity contribution < 1.29 is 13.9 Å². The Morgan fingerprint density at radius 3 is 2.58 bits per heavy atom. The number of aromatic nitrogens is 2. The smallest absolute Gasteiger partial charge is 0.261 e. The number of halogens is 1. The van der Waals surface area contributed by atoms with Gasteiger partial charge in [0.25, 0.3) is 5.91 Å². The number of rotatable bonds is 5. The molecular weight excluding hydrogens is 397 g/mol. The number of ether oxygens (including phenoxy) is 1. The summed E-state index contributed by atoms with van der Waals surface area (Å²) in [6.07, 6.45) is 6.75. The number of aryl methyl sites for hydroxylation is 1. The van der Waals surface area contributed by atoms with Crippen molar-refractivity contribution >= 4 is 11.6 Å². The Kier molecular flexibility index (Phi) is 6.23. The molecule has 1 fully saturated rings.